The average Bonchev–Trinajstić information content (AvgIpc) is 2.98. The first-order chi connectivity index (χ1) is 8.24. The number of nitrogens with one attached hydrogen (secondary N) is 1. The van der Waals surface area contributed by atoms with Gasteiger partial charge in [0.05, 0.1) is 12.5 Å². The summed E-state index contributed by atoms with van der Waals surface area (Å²) >= 11 is 3.60. The molecule has 0 aromatic rings. The zero-order valence-corrected chi connectivity index (χ0v) is 11.9. The Morgan fingerprint density at radius 3 is 2.71 bits per heavy atom. The molecule has 17 heavy (non-hydrogen) atoms. The third-order valence-corrected chi connectivity index (χ3v) is 5.23. The highest BCUT2D eigenvalue weighted by molar-refractivity contribution is 9.09. The molecule has 1 aliphatic carbocycles. The number of halogens is 1. The van der Waals surface area contributed by atoms with Crippen molar-refractivity contribution >= 4 is 21.8 Å². The van der Waals surface area contributed by atoms with Crippen molar-refractivity contribution in [2.24, 2.45) is 5.41 Å². The molecule has 3 nitrogen and oxygen atoms in total. The number of amides is 1. The third-order valence-electron chi connectivity index (χ3n) is 4.05. The molecule has 1 heterocycles. The van der Waals surface area contributed by atoms with E-state index >= 15 is 0 Å². The van der Waals surface area contributed by atoms with Crippen LogP contribution < -0.4 is 5.32 Å². The fourth-order valence-electron chi connectivity index (χ4n) is 2.85. The van der Waals surface area contributed by atoms with Crippen LogP contribution in [0.3, 0.4) is 0 Å². The van der Waals surface area contributed by atoms with E-state index < -0.39 is 0 Å². The van der Waals surface area contributed by atoms with Crippen LogP contribution >= 0.6 is 15.9 Å². The van der Waals surface area contributed by atoms with E-state index in [0.717, 1.165) is 31.3 Å². The van der Waals surface area contributed by atoms with E-state index in [9.17, 15) is 4.79 Å². The summed E-state index contributed by atoms with van der Waals surface area (Å²) in [7, 11) is 0. The van der Waals surface area contributed by atoms with Crippen LogP contribution in [0.15, 0.2) is 0 Å². The van der Waals surface area contributed by atoms with Crippen molar-refractivity contribution in [1.82, 2.24) is 5.32 Å². The Morgan fingerprint density at radius 1 is 1.35 bits per heavy atom. The monoisotopic (exact) mass is 303 g/mol. The number of carbonyl (C=O) groups is 1. The minimum absolute atomic E-state index is 0.157. The lowest BCUT2D eigenvalue weighted by molar-refractivity contribution is -0.123. The summed E-state index contributed by atoms with van der Waals surface area (Å²) in [5.41, 5.74) is 0.312. The quantitative estimate of drug-likeness (QED) is 0.793. The Bertz CT molecular complexity index is 258. The van der Waals surface area contributed by atoms with Gasteiger partial charge in [-0.1, -0.05) is 28.8 Å². The fraction of sp³-hybridized carbons (Fsp3) is 0.923. The van der Waals surface area contributed by atoms with E-state index in [1.807, 2.05) is 0 Å². The van der Waals surface area contributed by atoms with Crippen LogP contribution in [0.1, 0.15) is 44.9 Å². The second kappa shape index (κ2) is 6.19. The highest BCUT2D eigenvalue weighted by Crippen LogP contribution is 2.38. The lowest BCUT2D eigenvalue weighted by atomic mass is 9.89. The van der Waals surface area contributed by atoms with Crippen LogP contribution in [0.5, 0.6) is 0 Å². The summed E-state index contributed by atoms with van der Waals surface area (Å²) in [5.74, 6) is 0.157. The maximum Gasteiger partial charge on any atom is 0.222 e. The largest absolute Gasteiger partial charge is 0.378 e. The molecule has 2 rings (SSSR count). The second-order valence-electron chi connectivity index (χ2n) is 5.46. The normalized spacial score (nSPS) is 27.2. The zero-order valence-electron chi connectivity index (χ0n) is 10.3. The molecule has 1 saturated carbocycles. The molecule has 2 fully saturated rings. The molecule has 1 aliphatic heterocycles. The van der Waals surface area contributed by atoms with Gasteiger partial charge in [0.25, 0.3) is 0 Å². The van der Waals surface area contributed by atoms with Gasteiger partial charge in [-0.3, -0.25) is 4.79 Å². The molecule has 1 unspecified atom stereocenters. The molecule has 0 bridgehead atoms. The van der Waals surface area contributed by atoms with Gasteiger partial charge >= 0.3 is 0 Å². The second-order valence-corrected chi connectivity index (χ2v) is 6.02. The van der Waals surface area contributed by atoms with Crippen LogP contribution in [0.2, 0.25) is 0 Å². The predicted molar refractivity (Wildman–Crippen MR) is 71.3 cm³/mol. The molecule has 0 aromatic heterocycles. The SMILES string of the molecule is O=C(CC1CCCO1)NCC1(CBr)CCCC1. The molecule has 2 aliphatic rings. The average molecular weight is 304 g/mol. The lowest BCUT2D eigenvalue weighted by Gasteiger charge is -2.26. The Morgan fingerprint density at radius 2 is 2.12 bits per heavy atom. The fourth-order valence-corrected chi connectivity index (χ4v) is 3.61. The summed E-state index contributed by atoms with van der Waals surface area (Å²) in [4.78, 5) is 11.8. The van der Waals surface area contributed by atoms with Gasteiger partial charge in [0, 0.05) is 18.5 Å². The molecule has 98 valence electrons. The van der Waals surface area contributed by atoms with Crippen molar-refractivity contribution in [1.29, 1.82) is 0 Å². The van der Waals surface area contributed by atoms with Gasteiger partial charge in [0.15, 0.2) is 0 Å². The van der Waals surface area contributed by atoms with Gasteiger partial charge in [-0.05, 0) is 31.1 Å². The summed E-state index contributed by atoms with van der Waals surface area (Å²) in [6.07, 6.45) is 7.91. The van der Waals surface area contributed by atoms with Crippen LogP contribution in [-0.2, 0) is 9.53 Å². The van der Waals surface area contributed by atoms with Gasteiger partial charge < -0.3 is 10.1 Å². The Hall–Kier alpha value is -0.0900. The third kappa shape index (κ3) is 3.68. The molecule has 1 amide bonds. The van der Waals surface area contributed by atoms with E-state index in [-0.39, 0.29) is 12.0 Å². The van der Waals surface area contributed by atoms with Crippen molar-refractivity contribution in [2.75, 3.05) is 18.5 Å². The van der Waals surface area contributed by atoms with E-state index in [1.54, 1.807) is 0 Å². The van der Waals surface area contributed by atoms with Gasteiger partial charge in [0.1, 0.15) is 0 Å². The van der Waals surface area contributed by atoms with Gasteiger partial charge in [-0.15, -0.1) is 0 Å². The number of ether oxygens (including phenoxy) is 1. The molecule has 1 atom stereocenters. The zero-order chi connectivity index (χ0) is 12.1. The van der Waals surface area contributed by atoms with Crippen LogP contribution in [0.4, 0.5) is 0 Å². The number of alkyl halides is 1. The predicted octanol–water partition coefficient (Wildman–Crippen LogP) is 2.63. The lowest BCUT2D eigenvalue weighted by Crippen LogP contribution is -2.38. The molecule has 1 saturated heterocycles. The van der Waals surface area contributed by atoms with E-state index in [1.165, 1.54) is 25.7 Å². The maximum atomic E-state index is 11.8. The van der Waals surface area contributed by atoms with Gasteiger partial charge in [-0.2, -0.15) is 0 Å². The number of rotatable bonds is 5. The first-order valence-electron chi connectivity index (χ1n) is 6.68. The van der Waals surface area contributed by atoms with Crippen LogP contribution in [0, 0.1) is 5.41 Å². The summed E-state index contributed by atoms with van der Waals surface area (Å²) in [6.45, 7) is 1.65. The van der Waals surface area contributed by atoms with Crippen LogP contribution in [0.25, 0.3) is 0 Å². The summed E-state index contributed by atoms with van der Waals surface area (Å²) in [6, 6.07) is 0. The van der Waals surface area contributed by atoms with Crippen molar-refractivity contribution < 1.29 is 9.53 Å². The number of carbonyl (C=O) groups excluding carboxylic acids is 1. The number of hydrogen-bond acceptors (Lipinski definition) is 2. The molecular weight excluding hydrogens is 282 g/mol. The number of hydrogen-bond donors (Lipinski definition) is 1. The van der Waals surface area contributed by atoms with Gasteiger partial charge in [0.2, 0.25) is 5.91 Å². The van der Waals surface area contributed by atoms with E-state index in [0.29, 0.717) is 11.8 Å². The van der Waals surface area contributed by atoms with E-state index in [4.69, 9.17) is 4.74 Å². The molecule has 1 N–H and O–H groups in total. The van der Waals surface area contributed by atoms with Gasteiger partial charge in [-0.25, -0.2) is 0 Å². The smallest absolute Gasteiger partial charge is 0.222 e. The molecule has 0 aromatic carbocycles. The minimum Gasteiger partial charge on any atom is -0.378 e. The minimum atomic E-state index is 0.157. The summed E-state index contributed by atoms with van der Waals surface area (Å²) in [5, 5.41) is 4.09. The first kappa shape index (κ1) is 13.3. The topological polar surface area (TPSA) is 38.3 Å². The Kier molecular flexibility index (Phi) is 4.86. The van der Waals surface area contributed by atoms with E-state index in [2.05, 4.69) is 21.2 Å². The van der Waals surface area contributed by atoms with Crippen molar-refractivity contribution in [2.45, 2.75) is 51.0 Å². The molecular formula is C13H22BrNO2. The standard InChI is InChI=1S/C13H22BrNO2/c14-9-13(5-1-2-6-13)10-15-12(16)8-11-4-3-7-17-11/h11H,1-10H2,(H,15,16). The van der Waals surface area contributed by atoms with Crippen molar-refractivity contribution in [3.63, 3.8) is 0 Å². The molecule has 4 heteroatoms. The first-order valence-corrected chi connectivity index (χ1v) is 7.81. The van der Waals surface area contributed by atoms with Crippen molar-refractivity contribution in [3.05, 3.63) is 0 Å². The highest BCUT2D eigenvalue weighted by Gasteiger charge is 2.33. The Balaban J connectivity index is 1.71. The summed E-state index contributed by atoms with van der Waals surface area (Å²) < 4.78 is 5.48. The maximum absolute atomic E-state index is 11.8. The Labute approximate surface area is 112 Å². The molecule has 0 spiro atoms. The molecule has 0 radical (unpaired) electrons. The van der Waals surface area contributed by atoms with Crippen LogP contribution in [-0.4, -0.2) is 30.5 Å². The highest BCUT2D eigenvalue weighted by atomic mass is 79.9. The van der Waals surface area contributed by atoms with Crippen molar-refractivity contribution in [3.8, 4) is 0 Å².